The molecule has 1 atom stereocenters. The molecule has 0 saturated heterocycles. The van der Waals surface area contributed by atoms with E-state index in [-0.39, 0.29) is 5.91 Å². The van der Waals surface area contributed by atoms with Crippen LogP contribution in [0.1, 0.15) is 20.3 Å². The fraction of sp³-hybridized carbons (Fsp3) is 0.857. The number of hydrogen-bond acceptors (Lipinski definition) is 4. The van der Waals surface area contributed by atoms with E-state index in [2.05, 4.69) is 5.32 Å². The predicted molar refractivity (Wildman–Crippen MR) is 49.9 cm³/mol. The Morgan fingerprint density at radius 1 is 1.54 bits per heavy atom. The smallest absolute Gasteiger partial charge is 0.389 e. The van der Waals surface area contributed by atoms with Gasteiger partial charge in [-0.25, -0.2) is 0 Å². The Balaban J connectivity index is 4.21. The Morgan fingerprint density at radius 2 is 2.00 bits per heavy atom. The van der Waals surface area contributed by atoms with Crippen molar-refractivity contribution in [2.45, 2.75) is 25.9 Å². The van der Waals surface area contributed by atoms with Crippen molar-refractivity contribution in [1.29, 1.82) is 0 Å². The van der Waals surface area contributed by atoms with Crippen LogP contribution in [-0.4, -0.2) is 39.4 Å². The summed E-state index contributed by atoms with van der Waals surface area (Å²) in [6, 6.07) is 0. The second kappa shape index (κ2) is 5.33. The second-order valence-electron chi connectivity index (χ2n) is 2.68. The fourth-order valence-corrected chi connectivity index (χ4v) is 2.09. The van der Waals surface area contributed by atoms with Crippen LogP contribution in [-0.2, 0) is 13.6 Å². The van der Waals surface area contributed by atoms with Gasteiger partial charge >= 0.3 is 8.80 Å². The largest absolute Gasteiger partial charge is 0.520 e. The van der Waals surface area contributed by atoms with E-state index < -0.39 is 14.5 Å². The molecule has 0 aliphatic heterocycles. The highest BCUT2D eigenvalue weighted by atomic mass is 28.4. The third kappa shape index (κ3) is 3.43. The Labute approximate surface area is 79.4 Å². The summed E-state index contributed by atoms with van der Waals surface area (Å²) < 4.78 is 9.70. The van der Waals surface area contributed by atoms with Crippen molar-refractivity contribution in [2.75, 3.05) is 14.2 Å². The molecule has 2 N–H and O–H groups in total. The first kappa shape index (κ1) is 12.6. The average molecular weight is 207 g/mol. The van der Waals surface area contributed by atoms with E-state index in [4.69, 9.17) is 8.85 Å². The molecule has 6 heteroatoms. The topological polar surface area (TPSA) is 67.8 Å². The SMILES string of the molecule is CCC(=O)NC(C)[Si](O)(OC)OC. The Kier molecular flexibility index (Phi) is 5.15. The maximum atomic E-state index is 11.0. The van der Waals surface area contributed by atoms with Crippen LogP contribution < -0.4 is 5.32 Å². The summed E-state index contributed by atoms with van der Waals surface area (Å²) in [5.74, 6) is -0.132. The molecule has 0 rings (SSSR count). The van der Waals surface area contributed by atoms with Crippen molar-refractivity contribution in [2.24, 2.45) is 0 Å². The minimum atomic E-state index is -3.21. The van der Waals surface area contributed by atoms with Gasteiger partial charge in [0.25, 0.3) is 0 Å². The molecule has 0 aliphatic carbocycles. The Morgan fingerprint density at radius 3 is 2.31 bits per heavy atom. The zero-order valence-corrected chi connectivity index (χ0v) is 9.46. The van der Waals surface area contributed by atoms with Gasteiger partial charge in [-0.1, -0.05) is 6.92 Å². The Hall–Kier alpha value is -0.433. The summed E-state index contributed by atoms with van der Waals surface area (Å²) in [6.07, 6.45) is 0.377. The van der Waals surface area contributed by atoms with E-state index in [1.165, 1.54) is 14.2 Å². The molecule has 78 valence electrons. The van der Waals surface area contributed by atoms with Crippen molar-refractivity contribution in [3.8, 4) is 0 Å². The van der Waals surface area contributed by atoms with E-state index in [9.17, 15) is 9.59 Å². The van der Waals surface area contributed by atoms with E-state index in [1.54, 1.807) is 13.8 Å². The highest BCUT2D eigenvalue weighted by Gasteiger charge is 2.42. The van der Waals surface area contributed by atoms with Crippen LogP contribution in [0.3, 0.4) is 0 Å². The highest BCUT2D eigenvalue weighted by molar-refractivity contribution is 6.61. The van der Waals surface area contributed by atoms with Crippen molar-refractivity contribution in [3.63, 3.8) is 0 Å². The number of carbonyl (C=O) groups excluding carboxylic acids is 1. The van der Waals surface area contributed by atoms with E-state index in [0.29, 0.717) is 6.42 Å². The lowest BCUT2D eigenvalue weighted by Gasteiger charge is -2.26. The molecule has 0 radical (unpaired) electrons. The molecular formula is C7H17NO4Si. The lowest BCUT2D eigenvalue weighted by Crippen LogP contribution is -2.58. The van der Waals surface area contributed by atoms with Crippen LogP contribution in [0.2, 0.25) is 0 Å². The van der Waals surface area contributed by atoms with Gasteiger partial charge < -0.3 is 19.0 Å². The van der Waals surface area contributed by atoms with E-state index in [1.807, 2.05) is 0 Å². The summed E-state index contributed by atoms with van der Waals surface area (Å²) in [6.45, 7) is 3.40. The lowest BCUT2D eigenvalue weighted by atomic mass is 10.4. The van der Waals surface area contributed by atoms with Gasteiger partial charge in [-0.3, -0.25) is 4.79 Å². The molecule has 0 heterocycles. The third-order valence-corrected chi connectivity index (χ3v) is 4.24. The summed E-state index contributed by atoms with van der Waals surface area (Å²) in [5, 5.41) is 2.59. The molecule has 0 bridgehead atoms. The molecule has 13 heavy (non-hydrogen) atoms. The average Bonchev–Trinajstić information content (AvgIpc) is 2.16. The fourth-order valence-electron chi connectivity index (χ4n) is 0.872. The molecule has 1 unspecified atom stereocenters. The van der Waals surface area contributed by atoms with Gasteiger partial charge in [0.1, 0.15) is 0 Å². The van der Waals surface area contributed by atoms with Crippen LogP contribution >= 0.6 is 0 Å². The summed E-state index contributed by atoms with van der Waals surface area (Å²) >= 11 is 0. The number of carbonyl (C=O) groups is 1. The first-order chi connectivity index (χ1) is 6.00. The molecule has 0 aromatic rings. The maximum Gasteiger partial charge on any atom is 0.520 e. The van der Waals surface area contributed by atoms with Gasteiger partial charge in [-0.2, -0.15) is 0 Å². The second-order valence-corrected chi connectivity index (χ2v) is 5.63. The van der Waals surface area contributed by atoms with E-state index >= 15 is 0 Å². The summed E-state index contributed by atoms with van der Waals surface area (Å²) in [7, 11) is -0.481. The first-order valence-corrected chi connectivity index (χ1v) is 5.96. The van der Waals surface area contributed by atoms with Gasteiger partial charge in [-0.15, -0.1) is 0 Å². The molecule has 0 aromatic carbocycles. The quantitative estimate of drug-likeness (QED) is 0.605. The molecule has 0 spiro atoms. The minimum absolute atomic E-state index is 0.132. The first-order valence-electron chi connectivity index (χ1n) is 4.12. The van der Waals surface area contributed by atoms with Crippen molar-refractivity contribution < 1.29 is 18.4 Å². The lowest BCUT2D eigenvalue weighted by molar-refractivity contribution is -0.121. The molecule has 0 saturated carbocycles. The monoisotopic (exact) mass is 207 g/mol. The molecule has 5 nitrogen and oxygen atoms in total. The molecule has 0 aliphatic rings. The predicted octanol–water partition coefficient (Wildman–Crippen LogP) is -0.336. The van der Waals surface area contributed by atoms with Gasteiger partial charge in [0.15, 0.2) is 0 Å². The summed E-state index contributed by atoms with van der Waals surface area (Å²) in [5.41, 5.74) is -0.477. The standard InChI is InChI=1S/C7H17NO4Si/c1-5-7(9)8-6(2)13(10,11-3)12-4/h6,10H,5H2,1-4H3,(H,8,9). The van der Waals surface area contributed by atoms with Gasteiger partial charge in [-0.05, 0) is 6.92 Å². The van der Waals surface area contributed by atoms with Crippen LogP contribution in [0, 0.1) is 0 Å². The van der Waals surface area contributed by atoms with Crippen molar-refractivity contribution >= 4 is 14.7 Å². The third-order valence-electron chi connectivity index (χ3n) is 1.83. The van der Waals surface area contributed by atoms with Gasteiger partial charge in [0.05, 0.1) is 5.67 Å². The van der Waals surface area contributed by atoms with Gasteiger partial charge in [0.2, 0.25) is 5.91 Å². The van der Waals surface area contributed by atoms with Gasteiger partial charge in [0, 0.05) is 20.6 Å². The number of nitrogens with one attached hydrogen (secondary N) is 1. The van der Waals surface area contributed by atoms with Crippen LogP contribution in [0.25, 0.3) is 0 Å². The van der Waals surface area contributed by atoms with Crippen LogP contribution in [0.15, 0.2) is 0 Å². The molecule has 0 aromatic heterocycles. The molecule has 1 amide bonds. The minimum Gasteiger partial charge on any atom is -0.389 e. The maximum absolute atomic E-state index is 11.0. The van der Waals surface area contributed by atoms with Crippen LogP contribution in [0.5, 0.6) is 0 Å². The van der Waals surface area contributed by atoms with Crippen LogP contribution in [0.4, 0.5) is 0 Å². The number of amides is 1. The summed E-state index contributed by atoms with van der Waals surface area (Å²) in [4.78, 5) is 20.7. The Bertz CT molecular complexity index is 172. The number of rotatable bonds is 5. The normalized spacial score (nSPS) is 13.9. The van der Waals surface area contributed by atoms with Crippen molar-refractivity contribution in [1.82, 2.24) is 5.32 Å². The zero-order chi connectivity index (χ0) is 10.5. The molecule has 0 fully saturated rings. The van der Waals surface area contributed by atoms with Crippen molar-refractivity contribution in [3.05, 3.63) is 0 Å². The molecular weight excluding hydrogens is 190 g/mol. The van der Waals surface area contributed by atoms with E-state index in [0.717, 1.165) is 0 Å². The zero-order valence-electron chi connectivity index (χ0n) is 8.46. The highest BCUT2D eigenvalue weighted by Crippen LogP contribution is 2.06. The number of hydrogen-bond donors (Lipinski definition) is 2.